The molecular weight excluding hydrogens is 378 g/mol. The number of ether oxygens (including phenoxy) is 1. The highest BCUT2D eigenvalue weighted by molar-refractivity contribution is 5.65. The summed E-state index contributed by atoms with van der Waals surface area (Å²) in [6.45, 7) is 6.37. The van der Waals surface area contributed by atoms with Gasteiger partial charge in [-0.05, 0) is 78.2 Å². The highest BCUT2D eigenvalue weighted by Gasteiger charge is 2.14. The van der Waals surface area contributed by atoms with E-state index in [1.807, 2.05) is 50.2 Å². The van der Waals surface area contributed by atoms with Crippen molar-refractivity contribution in [2.24, 2.45) is 7.05 Å². The van der Waals surface area contributed by atoms with Crippen molar-refractivity contribution in [3.8, 4) is 22.7 Å². The molecule has 7 nitrogen and oxygen atoms in total. The molecule has 7 heteroatoms. The number of nitrogens with zero attached hydrogens (tertiary/aromatic N) is 5. The van der Waals surface area contributed by atoms with Crippen LogP contribution in [0.5, 0.6) is 5.75 Å². The number of tetrazole rings is 1. The molecule has 0 aliphatic heterocycles. The maximum Gasteiger partial charge on any atom is 0.368 e. The summed E-state index contributed by atoms with van der Waals surface area (Å²) in [7, 11) is 1.58. The van der Waals surface area contributed by atoms with Crippen molar-refractivity contribution in [3.63, 3.8) is 0 Å². The Morgan fingerprint density at radius 3 is 2.43 bits per heavy atom. The van der Waals surface area contributed by atoms with Gasteiger partial charge in [0, 0.05) is 24.4 Å². The van der Waals surface area contributed by atoms with Crippen LogP contribution >= 0.6 is 0 Å². The number of pyridine rings is 1. The van der Waals surface area contributed by atoms with Crippen LogP contribution in [0.1, 0.15) is 22.3 Å². The fourth-order valence-electron chi connectivity index (χ4n) is 3.43. The van der Waals surface area contributed by atoms with Gasteiger partial charge in [-0.3, -0.25) is 4.98 Å². The summed E-state index contributed by atoms with van der Waals surface area (Å²) in [5.41, 5.74) is 6.46. The molecule has 2 aromatic heterocycles. The molecule has 2 heterocycles. The summed E-state index contributed by atoms with van der Waals surface area (Å²) >= 11 is 0. The number of aromatic nitrogens is 5. The largest absolute Gasteiger partial charge is 0.489 e. The van der Waals surface area contributed by atoms with E-state index >= 15 is 0 Å². The monoisotopic (exact) mass is 401 g/mol. The van der Waals surface area contributed by atoms with E-state index in [9.17, 15) is 4.79 Å². The first-order valence-electron chi connectivity index (χ1n) is 9.69. The normalized spacial score (nSPS) is 10.9. The highest BCUT2D eigenvalue weighted by Crippen LogP contribution is 2.28. The smallest absolute Gasteiger partial charge is 0.368 e. The van der Waals surface area contributed by atoms with Crippen LogP contribution in [0.4, 0.5) is 0 Å². The summed E-state index contributed by atoms with van der Waals surface area (Å²) < 4.78 is 8.64. The second kappa shape index (κ2) is 7.94. The van der Waals surface area contributed by atoms with Gasteiger partial charge in [0.05, 0.1) is 11.4 Å². The maximum atomic E-state index is 12.3. The van der Waals surface area contributed by atoms with Crippen LogP contribution in [-0.4, -0.2) is 24.8 Å². The van der Waals surface area contributed by atoms with Gasteiger partial charge in [0.2, 0.25) is 0 Å². The van der Waals surface area contributed by atoms with Crippen LogP contribution in [0.3, 0.4) is 0 Å². The fourth-order valence-corrected chi connectivity index (χ4v) is 3.43. The summed E-state index contributed by atoms with van der Waals surface area (Å²) in [5, 5.41) is 7.78. The lowest BCUT2D eigenvalue weighted by Crippen LogP contribution is -2.23. The van der Waals surface area contributed by atoms with Gasteiger partial charge in [-0.1, -0.05) is 18.2 Å². The Balaban J connectivity index is 1.62. The molecule has 0 unspecified atom stereocenters. The first-order valence-corrected chi connectivity index (χ1v) is 9.69. The van der Waals surface area contributed by atoms with Crippen molar-refractivity contribution in [1.82, 2.24) is 24.8 Å². The van der Waals surface area contributed by atoms with Gasteiger partial charge >= 0.3 is 5.69 Å². The van der Waals surface area contributed by atoms with Crippen LogP contribution in [0.15, 0.2) is 59.5 Å². The van der Waals surface area contributed by atoms with Gasteiger partial charge in [0.1, 0.15) is 12.4 Å². The molecule has 4 aromatic rings. The Bertz CT molecular complexity index is 1270. The molecule has 0 aliphatic carbocycles. The SMILES string of the molecule is Cc1cc(-c2ncccc2C)ccc1OCc1c(C)cccc1-n1nnn(C)c1=O. The van der Waals surface area contributed by atoms with Gasteiger partial charge in [0.25, 0.3) is 0 Å². The number of benzene rings is 2. The quantitative estimate of drug-likeness (QED) is 0.511. The molecule has 0 radical (unpaired) electrons. The minimum absolute atomic E-state index is 0.298. The third kappa shape index (κ3) is 3.61. The van der Waals surface area contributed by atoms with Crippen molar-refractivity contribution in [2.45, 2.75) is 27.4 Å². The number of rotatable bonds is 5. The average Bonchev–Trinajstić information content (AvgIpc) is 3.06. The minimum atomic E-state index is -0.298. The molecule has 0 fully saturated rings. The molecule has 0 N–H and O–H groups in total. The summed E-state index contributed by atoms with van der Waals surface area (Å²) in [6, 6.07) is 15.8. The van der Waals surface area contributed by atoms with Gasteiger partial charge < -0.3 is 4.74 Å². The van der Waals surface area contributed by atoms with E-state index in [0.29, 0.717) is 12.3 Å². The van der Waals surface area contributed by atoms with Gasteiger partial charge in [-0.25, -0.2) is 4.79 Å². The van der Waals surface area contributed by atoms with E-state index in [1.54, 1.807) is 13.2 Å². The van der Waals surface area contributed by atoms with E-state index in [4.69, 9.17) is 4.74 Å². The lowest BCUT2D eigenvalue weighted by Gasteiger charge is -2.15. The maximum absolute atomic E-state index is 12.3. The molecule has 0 aliphatic rings. The van der Waals surface area contributed by atoms with Crippen molar-refractivity contribution in [1.29, 1.82) is 0 Å². The third-order valence-electron chi connectivity index (χ3n) is 5.17. The van der Waals surface area contributed by atoms with Crippen LogP contribution in [0.2, 0.25) is 0 Å². The molecule has 0 atom stereocenters. The first-order chi connectivity index (χ1) is 14.5. The van der Waals surface area contributed by atoms with Gasteiger partial charge in [-0.15, -0.1) is 0 Å². The third-order valence-corrected chi connectivity index (χ3v) is 5.17. The lowest BCUT2D eigenvalue weighted by atomic mass is 10.0. The zero-order valence-corrected chi connectivity index (χ0v) is 17.5. The number of hydrogen-bond donors (Lipinski definition) is 0. The summed E-state index contributed by atoms with van der Waals surface area (Å²) in [6.07, 6.45) is 1.80. The van der Waals surface area contributed by atoms with E-state index in [0.717, 1.165) is 39.3 Å². The van der Waals surface area contributed by atoms with Crippen molar-refractivity contribution < 1.29 is 4.74 Å². The zero-order chi connectivity index (χ0) is 21.3. The number of aryl methyl sites for hydroxylation is 4. The van der Waals surface area contributed by atoms with E-state index in [1.165, 1.54) is 9.36 Å². The molecule has 4 rings (SSSR count). The van der Waals surface area contributed by atoms with Crippen LogP contribution in [-0.2, 0) is 13.7 Å². The predicted molar refractivity (Wildman–Crippen MR) is 115 cm³/mol. The second-order valence-electron chi connectivity index (χ2n) is 7.31. The molecule has 30 heavy (non-hydrogen) atoms. The molecular formula is C23H23N5O2. The Labute approximate surface area is 174 Å². The zero-order valence-electron chi connectivity index (χ0n) is 17.5. The Hall–Kier alpha value is -3.74. The fraction of sp³-hybridized carbons (Fsp3) is 0.217. The average molecular weight is 401 g/mol. The summed E-state index contributed by atoms with van der Waals surface area (Å²) in [4.78, 5) is 16.8. The standard InChI is InChI=1S/C23H23N5O2/c1-15-7-5-9-20(28-23(29)27(4)25-26-28)19(15)14-30-21-11-10-18(13-17(21)3)22-16(2)8-6-12-24-22/h5-13H,14H2,1-4H3. The topological polar surface area (TPSA) is 74.8 Å². The molecule has 0 saturated heterocycles. The van der Waals surface area contributed by atoms with E-state index < -0.39 is 0 Å². The number of hydrogen-bond acceptors (Lipinski definition) is 5. The lowest BCUT2D eigenvalue weighted by molar-refractivity contribution is 0.302. The summed E-state index contributed by atoms with van der Waals surface area (Å²) in [5.74, 6) is 0.785. The molecule has 0 spiro atoms. The van der Waals surface area contributed by atoms with Crippen molar-refractivity contribution in [2.75, 3.05) is 0 Å². The van der Waals surface area contributed by atoms with Crippen LogP contribution in [0, 0.1) is 20.8 Å². The van der Waals surface area contributed by atoms with Crippen molar-refractivity contribution in [3.05, 3.63) is 87.5 Å². The molecule has 152 valence electrons. The second-order valence-corrected chi connectivity index (χ2v) is 7.31. The molecule has 0 bridgehead atoms. The van der Waals surface area contributed by atoms with E-state index in [-0.39, 0.29) is 5.69 Å². The molecule has 0 saturated carbocycles. The van der Waals surface area contributed by atoms with Crippen LogP contribution < -0.4 is 10.4 Å². The molecule has 2 aromatic carbocycles. The van der Waals surface area contributed by atoms with E-state index in [2.05, 4.69) is 34.5 Å². The predicted octanol–water partition coefficient (Wildman–Crippen LogP) is 3.53. The van der Waals surface area contributed by atoms with Gasteiger partial charge in [0.15, 0.2) is 0 Å². The first kappa shape index (κ1) is 19.6. The Morgan fingerprint density at radius 1 is 0.933 bits per heavy atom. The Morgan fingerprint density at radius 2 is 1.73 bits per heavy atom. The van der Waals surface area contributed by atoms with Crippen LogP contribution in [0.25, 0.3) is 16.9 Å². The molecule has 0 amide bonds. The highest BCUT2D eigenvalue weighted by atomic mass is 16.5. The minimum Gasteiger partial charge on any atom is -0.489 e. The Kier molecular flexibility index (Phi) is 5.18. The van der Waals surface area contributed by atoms with Crippen molar-refractivity contribution >= 4 is 0 Å². The van der Waals surface area contributed by atoms with Gasteiger partial charge in [-0.2, -0.15) is 9.36 Å².